The molecule has 7 heteroatoms. The number of amides is 1. The molecule has 1 aromatic rings. The van der Waals surface area contributed by atoms with Crippen molar-refractivity contribution >= 4 is 29.7 Å². The van der Waals surface area contributed by atoms with Crippen LogP contribution in [0.1, 0.15) is 17.8 Å². The Morgan fingerprint density at radius 2 is 2.19 bits per heavy atom. The monoisotopic (exact) mass is 330 g/mol. The van der Waals surface area contributed by atoms with Gasteiger partial charge in [0.05, 0.1) is 12.5 Å². The van der Waals surface area contributed by atoms with Crippen LogP contribution in [0.15, 0.2) is 11.6 Å². The maximum atomic E-state index is 12.6. The summed E-state index contributed by atoms with van der Waals surface area (Å²) in [4.78, 5) is 21.3. The molecule has 2 aliphatic rings. The molecule has 3 heterocycles. The molecule has 1 atom stereocenters. The largest absolute Gasteiger partial charge is 0.340 e. The van der Waals surface area contributed by atoms with Crippen LogP contribution >= 0.6 is 23.7 Å². The minimum absolute atomic E-state index is 0. The molecule has 21 heavy (non-hydrogen) atoms. The van der Waals surface area contributed by atoms with Crippen LogP contribution in [0.4, 0.5) is 0 Å². The number of likely N-dealkylation sites (tertiary alicyclic amines) is 1. The predicted octanol–water partition coefficient (Wildman–Crippen LogP) is 1.21. The van der Waals surface area contributed by atoms with E-state index >= 15 is 0 Å². The molecular formula is C14H23ClN4OS. The Kier molecular flexibility index (Phi) is 6.41. The molecule has 0 spiro atoms. The Balaban J connectivity index is 0.00000161. The van der Waals surface area contributed by atoms with Gasteiger partial charge in [-0.3, -0.25) is 9.69 Å². The molecule has 1 N–H and O–H groups in total. The number of piperazine rings is 1. The first kappa shape index (κ1) is 16.7. The first-order valence-electron chi connectivity index (χ1n) is 7.43. The maximum absolute atomic E-state index is 12.6. The highest BCUT2D eigenvalue weighted by Gasteiger charge is 2.29. The van der Waals surface area contributed by atoms with Gasteiger partial charge < -0.3 is 10.2 Å². The number of carbonyl (C=O) groups excluding carboxylic acids is 1. The third-order valence-electron chi connectivity index (χ3n) is 4.13. The van der Waals surface area contributed by atoms with E-state index < -0.39 is 0 Å². The zero-order valence-corrected chi connectivity index (χ0v) is 13.8. The summed E-state index contributed by atoms with van der Waals surface area (Å²) in [7, 11) is 0. The van der Waals surface area contributed by atoms with Crippen LogP contribution in [0.2, 0.25) is 0 Å². The molecule has 3 rings (SSSR count). The lowest BCUT2D eigenvalue weighted by Gasteiger charge is -2.36. The van der Waals surface area contributed by atoms with E-state index in [1.165, 1.54) is 0 Å². The molecule has 2 fully saturated rings. The fourth-order valence-electron chi connectivity index (χ4n) is 3.07. The number of aromatic nitrogens is 1. The minimum Gasteiger partial charge on any atom is -0.340 e. The number of rotatable bonds is 3. The van der Waals surface area contributed by atoms with E-state index in [0.29, 0.717) is 5.91 Å². The number of carbonyl (C=O) groups is 1. The highest BCUT2D eigenvalue weighted by molar-refractivity contribution is 7.09. The molecule has 0 bridgehead atoms. The van der Waals surface area contributed by atoms with E-state index in [1.54, 1.807) is 11.3 Å². The van der Waals surface area contributed by atoms with E-state index in [-0.39, 0.29) is 18.3 Å². The maximum Gasteiger partial charge on any atom is 0.227 e. The minimum atomic E-state index is 0. The van der Waals surface area contributed by atoms with E-state index in [2.05, 4.69) is 15.2 Å². The van der Waals surface area contributed by atoms with Crippen molar-refractivity contribution in [2.45, 2.75) is 19.4 Å². The molecule has 1 amide bonds. The van der Waals surface area contributed by atoms with Crippen LogP contribution < -0.4 is 5.32 Å². The van der Waals surface area contributed by atoms with E-state index in [9.17, 15) is 4.79 Å². The summed E-state index contributed by atoms with van der Waals surface area (Å²) in [6.07, 6.45) is 4.01. The number of piperidine rings is 1. The average molecular weight is 331 g/mol. The summed E-state index contributed by atoms with van der Waals surface area (Å²) < 4.78 is 0. The Hall–Kier alpha value is -0.690. The highest BCUT2D eigenvalue weighted by Crippen LogP contribution is 2.21. The summed E-state index contributed by atoms with van der Waals surface area (Å²) in [5.74, 6) is 0.539. The second kappa shape index (κ2) is 8.08. The third kappa shape index (κ3) is 4.39. The second-order valence-corrected chi connectivity index (χ2v) is 6.55. The molecule has 5 nitrogen and oxygen atoms in total. The summed E-state index contributed by atoms with van der Waals surface area (Å²) in [5, 5.41) is 6.47. The molecule has 0 aliphatic carbocycles. The molecule has 1 unspecified atom stereocenters. The Morgan fingerprint density at radius 3 is 2.90 bits per heavy atom. The molecule has 2 aliphatic heterocycles. The lowest BCUT2D eigenvalue weighted by atomic mass is 9.96. The molecule has 0 radical (unpaired) electrons. The first-order chi connectivity index (χ1) is 9.83. The number of thiazole rings is 1. The smallest absolute Gasteiger partial charge is 0.227 e. The quantitative estimate of drug-likeness (QED) is 0.905. The lowest BCUT2D eigenvalue weighted by Crippen LogP contribution is -2.51. The van der Waals surface area contributed by atoms with Gasteiger partial charge in [-0.15, -0.1) is 23.7 Å². The van der Waals surface area contributed by atoms with E-state index in [1.807, 2.05) is 16.5 Å². The van der Waals surface area contributed by atoms with Crippen molar-refractivity contribution < 1.29 is 4.79 Å². The van der Waals surface area contributed by atoms with Crippen LogP contribution in [-0.4, -0.2) is 60.0 Å². The Labute approximate surface area is 136 Å². The van der Waals surface area contributed by atoms with Crippen LogP contribution in [0, 0.1) is 5.92 Å². The van der Waals surface area contributed by atoms with Crippen molar-refractivity contribution in [3.63, 3.8) is 0 Å². The zero-order valence-electron chi connectivity index (χ0n) is 12.2. The SMILES string of the molecule is Cl.O=C(C1CCCN(Cc2nccs2)C1)N1CCNCC1. The van der Waals surface area contributed by atoms with Crippen molar-refractivity contribution in [2.24, 2.45) is 5.92 Å². The van der Waals surface area contributed by atoms with Crippen molar-refractivity contribution in [3.05, 3.63) is 16.6 Å². The van der Waals surface area contributed by atoms with Crippen LogP contribution in [-0.2, 0) is 11.3 Å². The molecule has 0 aromatic carbocycles. The van der Waals surface area contributed by atoms with Gasteiger partial charge in [-0.05, 0) is 19.4 Å². The lowest BCUT2D eigenvalue weighted by molar-refractivity contribution is -0.138. The topological polar surface area (TPSA) is 48.5 Å². The highest BCUT2D eigenvalue weighted by atomic mass is 35.5. The first-order valence-corrected chi connectivity index (χ1v) is 8.31. The number of halogens is 1. The van der Waals surface area contributed by atoms with Gasteiger partial charge in [-0.2, -0.15) is 0 Å². The summed E-state index contributed by atoms with van der Waals surface area (Å²) >= 11 is 1.70. The molecular weight excluding hydrogens is 308 g/mol. The normalized spacial score (nSPS) is 23.6. The average Bonchev–Trinajstić information content (AvgIpc) is 3.01. The van der Waals surface area contributed by atoms with Crippen molar-refractivity contribution in [1.29, 1.82) is 0 Å². The Morgan fingerprint density at radius 1 is 1.38 bits per heavy atom. The van der Waals surface area contributed by atoms with Gasteiger partial charge in [0.2, 0.25) is 5.91 Å². The van der Waals surface area contributed by atoms with Gasteiger partial charge in [-0.1, -0.05) is 0 Å². The van der Waals surface area contributed by atoms with Gasteiger partial charge in [0.25, 0.3) is 0 Å². The predicted molar refractivity (Wildman–Crippen MR) is 86.8 cm³/mol. The van der Waals surface area contributed by atoms with Crippen LogP contribution in [0.3, 0.4) is 0 Å². The molecule has 2 saturated heterocycles. The van der Waals surface area contributed by atoms with Gasteiger partial charge in [0.1, 0.15) is 5.01 Å². The summed E-state index contributed by atoms with van der Waals surface area (Å²) in [6.45, 7) is 6.46. The number of nitrogens with one attached hydrogen (secondary N) is 1. The van der Waals surface area contributed by atoms with E-state index in [0.717, 1.165) is 63.7 Å². The molecule has 1 aromatic heterocycles. The van der Waals surface area contributed by atoms with Crippen molar-refractivity contribution in [1.82, 2.24) is 20.1 Å². The number of nitrogens with zero attached hydrogens (tertiary/aromatic N) is 3. The fourth-order valence-corrected chi connectivity index (χ4v) is 3.72. The molecule has 118 valence electrons. The van der Waals surface area contributed by atoms with Crippen molar-refractivity contribution in [2.75, 3.05) is 39.3 Å². The zero-order chi connectivity index (χ0) is 13.8. The Bertz CT molecular complexity index is 436. The standard InChI is InChI=1S/C14H22N4OS.ClH/c19-14(18-7-3-15-4-8-18)12-2-1-6-17(10-12)11-13-16-5-9-20-13;/h5,9,12,15H,1-4,6-8,10-11H2;1H. The van der Waals surface area contributed by atoms with Gasteiger partial charge in [0, 0.05) is 44.3 Å². The number of hydrogen-bond acceptors (Lipinski definition) is 5. The van der Waals surface area contributed by atoms with Crippen LogP contribution in [0.5, 0.6) is 0 Å². The number of hydrogen-bond donors (Lipinski definition) is 1. The fraction of sp³-hybridized carbons (Fsp3) is 0.714. The third-order valence-corrected chi connectivity index (χ3v) is 4.89. The van der Waals surface area contributed by atoms with Gasteiger partial charge in [0.15, 0.2) is 0 Å². The van der Waals surface area contributed by atoms with Gasteiger partial charge in [-0.25, -0.2) is 4.98 Å². The van der Waals surface area contributed by atoms with Crippen LogP contribution in [0.25, 0.3) is 0 Å². The second-order valence-electron chi connectivity index (χ2n) is 5.58. The molecule has 0 saturated carbocycles. The van der Waals surface area contributed by atoms with E-state index in [4.69, 9.17) is 0 Å². The summed E-state index contributed by atoms with van der Waals surface area (Å²) in [5.41, 5.74) is 0. The summed E-state index contributed by atoms with van der Waals surface area (Å²) in [6, 6.07) is 0. The van der Waals surface area contributed by atoms with Crippen molar-refractivity contribution in [3.8, 4) is 0 Å². The van der Waals surface area contributed by atoms with Gasteiger partial charge >= 0.3 is 0 Å².